The van der Waals surface area contributed by atoms with E-state index >= 15 is 0 Å². The first kappa shape index (κ1) is 15.8. The van der Waals surface area contributed by atoms with Gasteiger partial charge in [0.25, 0.3) is 0 Å². The fourth-order valence-corrected chi connectivity index (χ4v) is 5.64. The molecule has 0 N–H and O–H groups in total. The van der Waals surface area contributed by atoms with Gasteiger partial charge >= 0.3 is 0 Å². The molecule has 120 valence electrons. The fourth-order valence-electron chi connectivity index (χ4n) is 5.64. The Labute approximate surface area is 135 Å². The average molecular weight is 298 g/mol. The lowest BCUT2D eigenvalue weighted by atomic mass is 9.47. The molecule has 0 aromatic heterocycles. The lowest BCUT2D eigenvalue weighted by molar-refractivity contribution is -0.124. The van der Waals surface area contributed by atoms with Crippen molar-refractivity contribution in [2.75, 3.05) is 0 Å². The van der Waals surface area contributed by atoms with E-state index in [0.717, 1.165) is 12.3 Å². The van der Waals surface area contributed by atoms with Crippen LogP contribution >= 0.6 is 0 Å². The van der Waals surface area contributed by atoms with Crippen molar-refractivity contribution in [3.63, 3.8) is 0 Å². The Balaban J connectivity index is 1.84. The van der Waals surface area contributed by atoms with Crippen LogP contribution < -0.4 is 0 Å². The number of fused-ring (bicyclic) bond motifs is 1. The van der Waals surface area contributed by atoms with E-state index in [2.05, 4.69) is 27.4 Å². The van der Waals surface area contributed by atoms with Gasteiger partial charge in [-0.1, -0.05) is 63.6 Å². The van der Waals surface area contributed by atoms with Crippen molar-refractivity contribution in [2.24, 2.45) is 28.6 Å². The van der Waals surface area contributed by atoms with Crippen molar-refractivity contribution in [1.82, 2.24) is 0 Å². The van der Waals surface area contributed by atoms with Crippen LogP contribution in [0.5, 0.6) is 0 Å². The molecule has 1 heteroatoms. The highest BCUT2D eigenvalue weighted by atomic mass is 16.1. The standard InChI is InChI=1S/C21H30O/c1-15-10-11-19-20(2,3)12-7-13-21(19,4)17(15)14-18(22)16-8-5-6-9-16/h5-6,8-9,16-17,19H,1,7,10-14H2,2-4H3/t17-,19-,21+/m0/s1. The summed E-state index contributed by atoms with van der Waals surface area (Å²) in [6.07, 6.45) is 15.0. The van der Waals surface area contributed by atoms with Crippen molar-refractivity contribution < 1.29 is 4.79 Å². The molecule has 2 fully saturated rings. The summed E-state index contributed by atoms with van der Waals surface area (Å²) in [5, 5.41) is 0. The number of ketones is 1. The highest BCUT2D eigenvalue weighted by Crippen LogP contribution is 2.61. The molecule has 0 unspecified atom stereocenters. The Morgan fingerprint density at radius 3 is 2.59 bits per heavy atom. The summed E-state index contributed by atoms with van der Waals surface area (Å²) in [4.78, 5) is 12.7. The summed E-state index contributed by atoms with van der Waals surface area (Å²) in [5.74, 6) is 1.49. The first-order valence-electron chi connectivity index (χ1n) is 8.90. The van der Waals surface area contributed by atoms with Gasteiger partial charge in [-0.15, -0.1) is 0 Å². The number of carbonyl (C=O) groups is 1. The topological polar surface area (TPSA) is 17.1 Å². The quantitative estimate of drug-likeness (QED) is 0.630. The van der Waals surface area contributed by atoms with Crippen LogP contribution in [0, 0.1) is 28.6 Å². The van der Waals surface area contributed by atoms with Gasteiger partial charge in [0.15, 0.2) is 0 Å². The Bertz CT molecular complexity index is 524. The summed E-state index contributed by atoms with van der Waals surface area (Å²) < 4.78 is 0. The summed E-state index contributed by atoms with van der Waals surface area (Å²) in [6.45, 7) is 11.7. The molecule has 0 saturated heterocycles. The van der Waals surface area contributed by atoms with Crippen LogP contribution in [-0.4, -0.2) is 5.78 Å². The van der Waals surface area contributed by atoms with E-state index < -0.39 is 0 Å². The predicted molar refractivity (Wildman–Crippen MR) is 92.5 cm³/mol. The zero-order valence-electron chi connectivity index (χ0n) is 14.4. The van der Waals surface area contributed by atoms with E-state index in [0.29, 0.717) is 23.5 Å². The van der Waals surface area contributed by atoms with Gasteiger partial charge in [0, 0.05) is 6.42 Å². The molecule has 2 saturated carbocycles. The smallest absolute Gasteiger partial charge is 0.144 e. The third-order valence-electron chi connectivity index (χ3n) is 6.84. The molecule has 22 heavy (non-hydrogen) atoms. The van der Waals surface area contributed by atoms with Crippen LogP contribution in [0.15, 0.2) is 36.5 Å². The van der Waals surface area contributed by atoms with Crippen molar-refractivity contribution in [2.45, 2.75) is 59.3 Å². The highest BCUT2D eigenvalue weighted by molar-refractivity contribution is 5.85. The lowest BCUT2D eigenvalue weighted by Crippen LogP contribution is -2.50. The highest BCUT2D eigenvalue weighted by Gasteiger charge is 2.53. The van der Waals surface area contributed by atoms with Gasteiger partial charge in [0.2, 0.25) is 0 Å². The van der Waals surface area contributed by atoms with Gasteiger partial charge in [-0.25, -0.2) is 0 Å². The first-order valence-corrected chi connectivity index (χ1v) is 8.90. The Kier molecular flexibility index (Phi) is 3.95. The predicted octanol–water partition coefficient (Wildman–Crippen LogP) is 5.49. The van der Waals surface area contributed by atoms with Crippen molar-refractivity contribution in [3.05, 3.63) is 36.5 Å². The van der Waals surface area contributed by atoms with Gasteiger partial charge in [-0.05, 0) is 48.3 Å². The van der Waals surface area contributed by atoms with Gasteiger partial charge < -0.3 is 0 Å². The van der Waals surface area contributed by atoms with Crippen LogP contribution in [-0.2, 0) is 4.79 Å². The third kappa shape index (κ3) is 2.53. The molecule has 0 amide bonds. The Morgan fingerprint density at radius 2 is 1.91 bits per heavy atom. The minimum Gasteiger partial charge on any atom is -0.299 e. The van der Waals surface area contributed by atoms with E-state index in [1.54, 1.807) is 0 Å². The Hall–Kier alpha value is -1.11. The van der Waals surface area contributed by atoms with Crippen molar-refractivity contribution >= 4 is 5.78 Å². The average Bonchev–Trinajstić information content (AvgIpc) is 2.96. The summed E-state index contributed by atoms with van der Waals surface area (Å²) in [7, 11) is 0. The van der Waals surface area contributed by atoms with E-state index in [-0.39, 0.29) is 11.3 Å². The minimum absolute atomic E-state index is 0.00776. The number of rotatable bonds is 3. The molecule has 0 aromatic carbocycles. The lowest BCUT2D eigenvalue weighted by Gasteiger charge is -2.58. The fraction of sp³-hybridized carbons (Fsp3) is 0.667. The van der Waals surface area contributed by atoms with E-state index in [1.807, 2.05) is 24.3 Å². The van der Waals surface area contributed by atoms with E-state index in [4.69, 9.17) is 0 Å². The van der Waals surface area contributed by atoms with Crippen molar-refractivity contribution in [1.29, 1.82) is 0 Å². The zero-order chi connectivity index (χ0) is 16.0. The number of allylic oxidation sites excluding steroid dienone is 5. The number of Topliss-reactive ketones (excluding diaryl/α,β-unsaturated/α-hetero) is 1. The minimum atomic E-state index is 0.00776. The molecule has 0 aliphatic heterocycles. The number of hydrogen-bond acceptors (Lipinski definition) is 1. The molecular formula is C21H30O. The second kappa shape index (κ2) is 5.51. The molecule has 3 atom stereocenters. The maximum absolute atomic E-state index is 12.7. The maximum Gasteiger partial charge on any atom is 0.144 e. The second-order valence-electron chi connectivity index (χ2n) is 8.62. The zero-order valence-corrected chi connectivity index (χ0v) is 14.4. The number of hydrogen-bond donors (Lipinski definition) is 0. The molecule has 0 heterocycles. The van der Waals surface area contributed by atoms with Crippen molar-refractivity contribution in [3.8, 4) is 0 Å². The molecule has 3 aliphatic carbocycles. The number of carbonyl (C=O) groups excluding carboxylic acids is 1. The van der Waals surface area contributed by atoms with Gasteiger partial charge in [0.05, 0.1) is 5.92 Å². The van der Waals surface area contributed by atoms with Gasteiger partial charge in [0.1, 0.15) is 5.78 Å². The molecular weight excluding hydrogens is 268 g/mol. The summed E-state index contributed by atoms with van der Waals surface area (Å²) >= 11 is 0. The molecule has 0 aromatic rings. The summed E-state index contributed by atoms with van der Waals surface area (Å²) in [5.41, 5.74) is 2.00. The monoisotopic (exact) mass is 298 g/mol. The van der Waals surface area contributed by atoms with Gasteiger partial charge in [-0.2, -0.15) is 0 Å². The molecule has 1 nitrogen and oxygen atoms in total. The molecule has 0 bridgehead atoms. The third-order valence-corrected chi connectivity index (χ3v) is 6.84. The first-order chi connectivity index (χ1) is 10.3. The molecule has 3 aliphatic rings. The van der Waals surface area contributed by atoms with Crippen LogP contribution in [0.2, 0.25) is 0 Å². The second-order valence-corrected chi connectivity index (χ2v) is 8.62. The van der Waals surface area contributed by atoms with Crippen LogP contribution in [0.3, 0.4) is 0 Å². The normalized spacial score (nSPS) is 37.3. The van der Waals surface area contributed by atoms with Crippen LogP contribution in [0.25, 0.3) is 0 Å². The van der Waals surface area contributed by atoms with Crippen LogP contribution in [0.1, 0.15) is 59.3 Å². The van der Waals surface area contributed by atoms with Crippen LogP contribution in [0.4, 0.5) is 0 Å². The van der Waals surface area contributed by atoms with E-state index in [9.17, 15) is 4.79 Å². The van der Waals surface area contributed by atoms with Gasteiger partial charge in [-0.3, -0.25) is 4.79 Å². The molecule has 3 rings (SSSR count). The largest absolute Gasteiger partial charge is 0.299 e. The molecule has 0 radical (unpaired) electrons. The maximum atomic E-state index is 12.7. The summed E-state index contributed by atoms with van der Waals surface area (Å²) in [6, 6.07) is 0. The Morgan fingerprint density at radius 1 is 1.23 bits per heavy atom. The molecule has 0 spiro atoms. The SMILES string of the molecule is C=C1CC[C@H]2C(C)(C)CCC[C@]2(C)[C@H]1CC(=O)C1C=CC=C1. The van der Waals surface area contributed by atoms with E-state index in [1.165, 1.54) is 31.3 Å².